The van der Waals surface area contributed by atoms with E-state index in [1.165, 1.54) is 30.9 Å². The molecule has 0 spiro atoms. The summed E-state index contributed by atoms with van der Waals surface area (Å²) in [4.78, 5) is 25.5. The van der Waals surface area contributed by atoms with Crippen LogP contribution in [0.15, 0.2) is 29.6 Å². The summed E-state index contributed by atoms with van der Waals surface area (Å²) in [6.07, 6.45) is 1.52. The van der Waals surface area contributed by atoms with E-state index in [2.05, 4.69) is 17.2 Å². The van der Waals surface area contributed by atoms with Crippen LogP contribution in [0.4, 0.5) is 0 Å². The van der Waals surface area contributed by atoms with Crippen molar-refractivity contribution in [1.29, 1.82) is 0 Å². The first-order valence-electron chi connectivity index (χ1n) is 8.72. The number of ether oxygens (including phenoxy) is 2. The van der Waals surface area contributed by atoms with Crippen LogP contribution < -0.4 is 25.7 Å². The number of hydrogen-bond acceptors (Lipinski definition) is 7. The van der Waals surface area contributed by atoms with Crippen LogP contribution in [0.2, 0.25) is 0 Å². The molecule has 0 fully saturated rings. The number of pyridine rings is 1. The zero-order valence-electron chi connectivity index (χ0n) is 15.9. The van der Waals surface area contributed by atoms with Gasteiger partial charge in [0.1, 0.15) is 11.3 Å². The number of aromatic hydroxyl groups is 1. The number of nitrogens with zero attached hydrogens (tertiary/aromatic N) is 1. The summed E-state index contributed by atoms with van der Waals surface area (Å²) in [5, 5.41) is 25.2. The second kappa shape index (κ2) is 9.77. The fraction of sp³-hybridized carbons (Fsp3) is 0.368. The van der Waals surface area contributed by atoms with E-state index in [0.29, 0.717) is 30.1 Å². The first kappa shape index (κ1) is 21.3. The van der Waals surface area contributed by atoms with Gasteiger partial charge in [0.2, 0.25) is 0 Å². The number of carbonyl (C=O) groups is 1. The number of nitrogens with one attached hydrogen (secondary N) is 2. The molecule has 0 saturated carbocycles. The van der Waals surface area contributed by atoms with Crippen LogP contribution in [0.3, 0.4) is 0 Å². The maximum Gasteiger partial charge on any atom is 0.268 e. The van der Waals surface area contributed by atoms with E-state index in [4.69, 9.17) is 14.6 Å². The summed E-state index contributed by atoms with van der Waals surface area (Å²) in [7, 11) is 2.92. The molecule has 9 heteroatoms. The molecular formula is C19H25N3O6. The van der Waals surface area contributed by atoms with Crippen molar-refractivity contribution >= 4 is 16.8 Å². The molecule has 0 atom stereocenters. The number of amides is 1. The number of rotatable bonds is 10. The summed E-state index contributed by atoms with van der Waals surface area (Å²) in [5.74, 6) is -0.377. The lowest BCUT2D eigenvalue weighted by molar-refractivity contribution is 0.0949. The molecule has 0 radical (unpaired) electrons. The van der Waals surface area contributed by atoms with Crippen LogP contribution in [0, 0.1) is 0 Å². The number of methoxy groups -OCH3 is 2. The smallest absolute Gasteiger partial charge is 0.268 e. The highest BCUT2D eigenvalue weighted by Gasteiger charge is 2.23. The normalized spacial score (nSPS) is 10.7. The van der Waals surface area contributed by atoms with Gasteiger partial charge in [0, 0.05) is 37.6 Å². The van der Waals surface area contributed by atoms with E-state index in [1.54, 1.807) is 6.07 Å². The predicted octanol–water partition coefficient (Wildman–Crippen LogP) is 0.222. The highest BCUT2D eigenvalue weighted by Crippen LogP contribution is 2.36. The Labute approximate surface area is 162 Å². The van der Waals surface area contributed by atoms with E-state index < -0.39 is 17.2 Å². The highest BCUT2D eigenvalue weighted by atomic mass is 16.5. The fourth-order valence-electron chi connectivity index (χ4n) is 2.83. The highest BCUT2D eigenvalue weighted by molar-refractivity contribution is 6.03. The van der Waals surface area contributed by atoms with Crippen LogP contribution in [0.25, 0.3) is 10.9 Å². The number of aliphatic hydroxyl groups excluding tert-OH is 1. The third kappa shape index (κ3) is 4.26. The van der Waals surface area contributed by atoms with Crippen LogP contribution in [-0.4, -0.2) is 61.1 Å². The van der Waals surface area contributed by atoms with Crippen molar-refractivity contribution < 1.29 is 24.5 Å². The van der Waals surface area contributed by atoms with Gasteiger partial charge < -0.3 is 34.9 Å². The van der Waals surface area contributed by atoms with Crippen LogP contribution in [0.5, 0.6) is 17.2 Å². The summed E-state index contributed by atoms with van der Waals surface area (Å²) < 4.78 is 11.9. The second-order valence-electron chi connectivity index (χ2n) is 5.88. The van der Waals surface area contributed by atoms with Crippen molar-refractivity contribution in [2.24, 2.45) is 0 Å². The monoisotopic (exact) mass is 391 g/mol. The summed E-state index contributed by atoms with van der Waals surface area (Å²) in [5.41, 5.74) is -0.608. The minimum absolute atomic E-state index is 0.0169. The largest absolute Gasteiger partial charge is 0.506 e. The SMILES string of the molecule is C=CCn1c(=O)c(C(=O)NCCNCCO)c(O)c2cc(OC)c(OC)cc21. The first-order chi connectivity index (χ1) is 13.5. The van der Waals surface area contributed by atoms with E-state index in [1.807, 2.05) is 0 Å². The van der Waals surface area contributed by atoms with Gasteiger partial charge in [-0.3, -0.25) is 9.59 Å². The van der Waals surface area contributed by atoms with Gasteiger partial charge in [-0.05, 0) is 6.07 Å². The van der Waals surface area contributed by atoms with Gasteiger partial charge in [-0.15, -0.1) is 6.58 Å². The minimum atomic E-state index is -0.692. The molecular weight excluding hydrogens is 366 g/mol. The number of allylic oxidation sites excluding steroid dienone is 1. The Morgan fingerprint density at radius 2 is 1.89 bits per heavy atom. The Morgan fingerprint density at radius 1 is 1.21 bits per heavy atom. The molecule has 1 aromatic carbocycles. The van der Waals surface area contributed by atoms with Gasteiger partial charge in [-0.25, -0.2) is 0 Å². The van der Waals surface area contributed by atoms with Crippen LogP contribution >= 0.6 is 0 Å². The molecule has 152 valence electrons. The lowest BCUT2D eigenvalue weighted by atomic mass is 10.1. The quantitative estimate of drug-likeness (QED) is 0.338. The third-order valence-corrected chi connectivity index (χ3v) is 4.16. The number of aliphatic hydroxyl groups is 1. The number of fused-ring (bicyclic) bond motifs is 1. The first-order valence-corrected chi connectivity index (χ1v) is 8.72. The zero-order chi connectivity index (χ0) is 20.7. The lowest BCUT2D eigenvalue weighted by Crippen LogP contribution is -2.37. The number of hydrogen-bond donors (Lipinski definition) is 4. The molecule has 1 amide bonds. The van der Waals surface area contributed by atoms with Gasteiger partial charge in [0.05, 0.1) is 26.3 Å². The molecule has 1 aromatic heterocycles. The number of aromatic nitrogens is 1. The average molecular weight is 391 g/mol. The van der Waals surface area contributed by atoms with Crippen LogP contribution in [0.1, 0.15) is 10.4 Å². The maximum absolute atomic E-state index is 12.9. The van der Waals surface area contributed by atoms with E-state index in [-0.39, 0.29) is 30.6 Å². The Morgan fingerprint density at radius 3 is 2.50 bits per heavy atom. The molecule has 28 heavy (non-hydrogen) atoms. The average Bonchev–Trinajstić information content (AvgIpc) is 2.70. The standard InChI is InChI=1S/C19H25N3O6/c1-4-8-22-13-11-15(28-3)14(27-2)10-12(13)17(24)16(19(22)26)18(25)21-6-5-20-7-9-23/h4,10-11,20,23-24H,1,5-9H2,2-3H3,(H,21,25). The Balaban J connectivity index is 2.55. The number of benzene rings is 1. The van der Waals surface area contributed by atoms with Crippen molar-refractivity contribution in [3.05, 3.63) is 40.7 Å². The third-order valence-electron chi connectivity index (χ3n) is 4.16. The Kier molecular flexibility index (Phi) is 7.42. The Bertz CT molecular complexity index is 922. The Hall–Kier alpha value is -3.04. The summed E-state index contributed by atoms with van der Waals surface area (Å²) in [6, 6.07) is 3.08. The molecule has 0 saturated heterocycles. The molecule has 1 heterocycles. The lowest BCUT2D eigenvalue weighted by Gasteiger charge is -2.16. The molecule has 0 aliphatic heterocycles. The van der Waals surface area contributed by atoms with Gasteiger partial charge in [0.25, 0.3) is 11.5 Å². The molecule has 0 aliphatic carbocycles. The van der Waals surface area contributed by atoms with Gasteiger partial charge >= 0.3 is 0 Å². The second-order valence-corrected chi connectivity index (χ2v) is 5.88. The van der Waals surface area contributed by atoms with Crippen LogP contribution in [-0.2, 0) is 6.54 Å². The van der Waals surface area contributed by atoms with E-state index in [9.17, 15) is 14.7 Å². The summed E-state index contributed by atoms with van der Waals surface area (Å²) in [6.45, 7) is 4.80. The van der Waals surface area contributed by atoms with Gasteiger partial charge in [0.15, 0.2) is 11.5 Å². The van der Waals surface area contributed by atoms with Crippen molar-refractivity contribution in [3.8, 4) is 17.2 Å². The molecule has 2 aromatic rings. The van der Waals surface area contributed by atoms with Gasteiger partial charge in [-0.2, -0.15) is 0 Å². The van der Waals surface area contributed by atoms with E-state index in [0.717, 1.165) is 0 Å². The molecule has 0 bridgehead atoms. The molecule has 4 N–H and O–H groups in total. The zero-order valence-corrected chi connectivity index (χ0v) is 15.9. The predicted molar refractivity (Wildman–Crippen MR) is 105 cm³/mol. The number of carbonyl (C=O) groups excluding carboxylic acids is 1. The van der Waals surface area contributed by atoms with Crippen molar-refractivity contribution in [2.45, 2.75) is 6.54 Å². The van der Waals surface area contributed by atoms with Crippen molar-refractivity contribution in [3.63, 3.8) is 0 Å². The fourth-order valence-corrected chi connectivity index (χ4v) is 2.83. The minimum Gasteiger partial charge on any atom is -0.506 e. The van der Waals surface area contributed by atoms with E-state index >= 15 is 0 Å². The van der Waals surface area contributed by atoms with Crippen molar-refractivity contribution in [1.82, 2.24) is 15.2 Å². The summed E-state index contributed by atoms with van der Waals surface area (Å²) >= 11 is 0. The topological polar surface area (TPSA) is 122 Å². The molecule has 0 aliphatic rings. The molecule has 9 nitrogen and oxygen atoms in total. The maximum atomic E-state index is 12.9. The molecule has 0 unspecified atom stereocenters. The van der Waals surface area contributed by atoms with Gasteiger partial charge in [-0.1, -0.05) is 6.08 Å². The molecule has 2 rings (SSSR count). The van der Waals surface area contributed by atoms with Crippen molar-refractivity contribution in [2.75, 3.05) is 40.5 Å².